The third kappa shape index (κ3) is 3.28. The number of hydrogen-bond acceptors (Lipinski definition) is 2. The standard InChI is InChI=1S/C12H14BrCl2NO/c1-2-16-7-3-8(4-7)17-12-6-10(14)9(13)5-11(12)15/h5-8,16H,2-4H2,1H3. The van der Waals surface area contributed by atoms with Crippen LogP contribution < -0.4 is 10.1 Å². The first kappa shape index (κ1) is 13.5. The van der Waals surface area contributed by atoms with Gasteiger partial charge in [-0.1, -0.05) is 30.1 Å². The molecule has 0 amide bonds. The predicted molar refractivity (Wildman–Crippen MR) is 75.3 cm³/mol. The Morgan fingerprint density at radius 3 is 2.71 bits per heavy atom. The van der Waals surface area contributed by atoms with Gasteiger partial charge in [0.15, 0.2) is 0 Å². The van der Waals surface area contributed by atoms with Crippen LogP contribution in [-0.4, -0.2) is 18.7 Å². The van der Waals surface area contributed by atoms with E-state index < -0.39 is 0 Å². The van der Waals surface area contributed by atoms with Crippen molar-refractivity contribution in [1.29, 1.82) is 0 Å². The molecule has 1 saturated carbocycles. The van der Waals surface area contributed by atoms with Gasteiger partial charge in [-0.05, 0) is 41.4 Å². The van der Waals surface area contributed by atoms with Gasteiger partial charge in [0.1, 0.15) is 11.9 Å². The molecular formula is C12H14BrCl2NO. The highest BCUT2D eigenvalue weighted by molar-refractivity contribution is 9.10. The van der Waals surface area contributed by atoms with E-state index in [1.165, 1.54) is 0 Å². The van der Waals surface area contributed by atoms with Crippen LogP contribution in [0, 0.1) is 0 Å². The van der Waals surface area contributed by atoms with Crippen molar-refractivity contribution in [2.24, 2.45) is 0 Å². The Bertz CT molecular complexity index is 408. The Kier molecular flexibility index (Phi) is 4.59. The molecular weight excluding hydrogens is 325 g/mol. The van der Waals surface area contributed by atoms with Crippen LogP contribution >= 0.6 is 39.1 Å². The minimum absolute atomic E-state index is 0.244. The zero-order valence-corrected chi connectivity index (χ0v) is 12.6. The molecule has 94 valence electrons. The van der Waals surface area contributed by atoms with Crippen molar-refractivity contribution >= 4 is 39.1 Å². The van der Waals surface area contributed by atoms with Crippen molar-refractivity contribution < 1.29 is 4.74 Å². The van der Waals surface area contributed by atoms with Gasteiger partial charge >= 0.3 is 0 Å². The van der Waals surface area contributed by atoms with E-state index in [0.29, 0.717) is 21.8 Å². The van der Waals surface area contributed by atoms with Gasteiger partial charge in [-0.2, -0.15) is 0 Å². The lowest BCUT2D eigenvalue weighted by atomic mass is 9.89. The highest BCUT2D eigenvalue weighted by Gasteiger charge is 2.30. The van der Waals surface area contributed by atoms with Crippen LogP contribution in [0.25, 0.3) is 0 Å². The molecule has 0 unspecified atom stereocenters. The number of hydrogen-bond donors (Lipinski definition) is 1. The largest absolute Gasteiger partial charge is 0.489 e. The second kappa shape index (κ2) is 5.79. The number of benzene rings is 1. The fraction of sp³-hybridized carbons (Fsp3) is 0.500. The normalized spacial score (nSPS) is 23.3. The highest BCUT2D eigenvalue weighted by atomic mass is 79.9. The molecule has 0 heterocycles. The van der Waals surface area contributed by atoms with E-state index in [4.69, 9.17) is 27.9 Å². The third-order valence-corrected chi connectivity index (χ3v) is 4.35. The number of ether oxygens (including phenoxy) is 1. The monoisotopic (exact) mass is 337 g/mol. The lowest BCUT2D eigenvalue weighted by Gasteiger charge is -2.36. The number of halogens is 3. The Labute approximate surface area is 120 Å². The van der Waals surface area contributed by atoms with E-state index in [1.807, 2.05) is 0 Å². The minimum Gasteiger partial charge on any atom is -0.489 e. The Morgan fingerprint density at radius 2 is 2.06 bits per heavy atom. The Hall–Kier alpha value is 0.0400. The van der Waals surface area contributed by atoms with Gasteiger partial charge in [-0.3, -0.25) is 0 Å². The van der Waals surface area contributed by atoms with Crippen molar-refractivity contribution in [2.75, 3.05) is 6.54 Å². The smallest absolute Gasteiger partial charge is 0.139 e. The fourth-order valence-corrected chi connectivity index (χ4v) is 2.73. The number of nitrogens with one attached hydrogen (secondary N) is 1. The van der Waals surface area contributed by atoms with Gasteiger partial charge in [0.25, 0.3) is 0 Å². The molecule has 0 radical (unpaired) electrons. The van der Waals surface area contributed by atoms with Crippen LogP contribution in [0.15, 0.2) is 16.6 Å². The van der Waals surface area contributed by atoms with Crippen LogP contribution in [0.1, 0.15) is 19.8 Å². The van der Waals surface area contributed by atoms with Crippen LogP contribution in [0.2, 0.25) is 10.0 Å². The quantitative estimate of drug-likeness (QED) is 0.827. The SMILES string of the molecule is CCNC1CC(Oc2cc(Cl)c(Br)cc2Cl)C1. The minimum atomic E-state index is 0.244. The summed E-state index contributed by atoms with van der Waals surface area (Å²) in [6, 6.07) is 4.10. The van der Waals surface area contributed by atoms with Gasteiger partial charge in [-0.15, -0.1) is 0 Å². The van der Waals surface area contributed by atoms with Crippen molar-refractivity contribution in [2.45, 2.75) is 31.9 Å². The molecule has 0 saturated heterocycles. The van der Waals surface area contributed by atoms with E-state index in [2.05, 4.69) is 28.2 Å². The molecule has 1 aromatic carbocycles. The summed E-state index contributed by atoms with van der Waals surface area (Å²) in [4.78, 5) is 0. The summed E-state index contributed by atoms with van der Waals surface area (Å²) in [7, 11) is 0. The van der Waals surface area contributed by atoms with E-state index in [-0.39, 0.29) is 6.10 Å². The van der Waals surface area contributed by atoms with Gasteiger partial charge in [-0.25, -0.2) is 0 Å². The maximum atomic E-state index is 6.09. The maximum absolute atomic E-state index is 6.09. The number of rotatable bonds is 4. The second-order valence-electron chi connectivity index (χ2n) is 4.16. The summed E-state index contributed by atoms with van der Waals surface area (Å²) >= 11 is 15.4. The first-order valence-electron chi connectivity index (χ1n) is 5.64. The lowest BCUT2D eigenvalue weighted by molar-refractivity contribution is 0.0860. The summed E-state index contributed by atoms with van der Waals surface area (Å²) in [5.41, 5.74) is 0. The average molecular weight is 339 g/mol. The molecule has 0 bridgehead atoms. The summed E-state index contributed by atoms with van der Waals surface area (Å²) in [5.74, 6) is 0.666. The molecule has 2 nitrogen and oxygen atoms in total. The summed E-state index contributed by atoms with van der Waals surface area (Å²) < 4.78 is 6.60. The molecule has 0 atom stereocenters. The van der Waals surface area contributed by atoms with E-state index in [0.717, 1.165) is 23.9 Å². The van der Waals surface area contributed by atoms with Gasteiger partial charge < -0.3 is 10.1 Å². The summed E-state index contributed by atoms with van der Waals surface area (Å²) in [6.45, 7) is 3.11. The van der Waals surface area contributed by atoms with Crippen LogP contribution in [0.5, 0.6) is 5.75 Å². The maximum Gasteiger partial charge on any atom is 0.139 e. The molecule has 2 rings (SSSR count). The van der Waals surface area contributed by atoms with Gasteiger partial charge in [0.2, 0.25) is 0 Å². The second-order valence-corrected chi connectivity index (χ2v) is 5.83. The summed E-state index contributed by atoms with van der Waals surface area (Å²) in [6.07, 6.45) is 2.30. The van der Waals surface area contributed by atoms with Crippen molar-refractivity contribution in [1.82, 2.24) is 5.32 Å². The van der Waals surface area contributed by atoms with E-state index in [1.54, 1.807) is 12.1 Å². The Balaban J connectivity index is 1.94. The molecule has 1 aliphatic rings. The van der Waals surface area contributed by atoms with E-state index >= 15 is 0 Å². The highest BCUT2D eigenvalue weighted by Crippen LogP contribution is 2.36. The predicted octanol–water partition coefficient (Wildman–Crippen LogP) is 4.28. The lowest BCUT2D eigenvalue weighted by Crippen LogP contribution is -2.46. The van der Waals surface area contributed by atoms with Crippen LogP contribution in [0.4, 0.5) is 0 Å². The zero-order chi connectivity index (χ0) is 12.4. The van der Waals surface area contributed by atoms with Crippen LogP contribution in [-0.2, 0) is 0 Å². The molecule has 1 N–H and O–H groups in total. The topological polar surface area (TPSA) is 21.3 Å². The van der Waals surface area contributed by atoms with E-state index in [9.17, 15) is 0 Å². The first-order chi connectivity index (χ1) is 8.10. The average Bonchev–Trinajstić information content (AvgIpc) is 2.22. The zero-order valence-electron chi connectivity index (χ0n) is 9.47. The van der Waals surface area contributed by atoms with Crippen molar-refractivity contribution in [3.63, 3.8) is 0 Å². The summed E-state index contributed by atoms with van der Waals surface area (Å²) in [5, 5.41) is 4.59. The van der Waals surface area contributed by atoms with Crippen molar-refractivity contribution in [3.05, 3.63) is 26.7 Å². The first-order valence-corrected chi connectivity index (χ1v) is 7.19. The Morgan fingerprint density at radius 1 is 1.35 bits per heavy atom. The van der Waals surface area contributed by atoms with Gasteiger partial charge in [0.05, 0.1) is 10.0 Å². The van der Waals surface area contributed by atoms with Gasteiger partial charge in [0, 0.05) is 16.6 Å². The molecule has 0 aromatic heterocycles. The molecule has 1 aromatic rings. The van der Waals surface area contributed by atoms with Crippen LogP contribution in [0.3, 0.4) is 0 Å². The molecule has 0 spiro atoms. The molecule has 1 fully saturated rings. The molecule has 17 heavy (non-hydrogen) atoms. The third-order valence-electron chi connectivity index (χ3n) is 2.86. The fourth-order valence-electron chi connectivity index (χ4n) is 1.89. The molecule has 0 aliphatic heterocycles. The van der Waals surface area contributed by atoms with Crippen molar-refractivity contribution in [3.8, 4) is 5.75 Å². The molecule has 1 aliphatic carbocycles. The molecule has 5 heteroatoms.